The highest BCUT2D eigenvalue weighted by molar-refractivity contribution is 5.98. The number of benzene rings is 3. The molecule has 1 aromatic heterocycles. The van der Waals surface area contributed by atoms with Crippen LogP contribution in [0.3, 0.4) is 0 Å². The zero-order valence-corrected chi connectivity index (χ0v) is 33.1. The number of carbonyl (C=O) groups excluding carboxylic acids is 3. The van der Waals surface area contributed by atoms with Gasteiger partial charge in [0.25, 0.3) is 5.91 Å². The van der Waals surface area contributed by atoms with Crippen molar-refractivity contribution in [2.24, 2.45) is 17.6 Å². The minimum atomic E-state index is -4.88. The number of nitrogens with two attached hydrogens (primary N) is 1. The Bertz CT molecular complexity index is 2100. The number of aromatic amines is 1. The van der Waals surface area contributed by atoms with Gasteiger partial charge in [-0.15, -0.1) is 0 Å². The predicted molar refractivity (Wildman–Crippen MR) is 215 cm³/mol. The number of amides is 3. The summed E-state index contributed by atoms with van der Waals surface area (Å²) in [6, 6.07) is 17.8. The molecule has 0 radical (unpaired) electrons. The third kappa shape index (κ3) is 10.7. The highest BCUT2D eigenvalue weighted by Gasteiger charge is 2.60. The number of alkyl halides is 4. The third-order valence-electron chi connectivity index (χ3n) is 11.5. The van der Waals surface area contributed by atoms with Crippen molar-refractivity contribution in [2.75, 3.05) is 11.9 Å². The van der Waals surface area contributed by atoms with Crippen LogP contribution in [0.1, 0.15) is 85.1 Å². The van der Waals surface area contributed by atoms with Crippen molar-refractivity contribution in [1.29, 1.82) is 0 Å². The van der Waals surface area contributed by atoms with E-state index < -0.39 is 42.3 Å². The molecule has 4 aromatic rings. The summed E-state index contributed by atoms with van der Waals surface area (Å²) >= 11 is 0. The van der Waals surface area contributed by atoms with Crippen LogP contribution in [0.5, 0.6) is 0 Å². The number of nitrogens with one attached hydrogen (secondary N) is 4. The second kappa shape index (κ2) is 19.0. The molecular formula is C43H51F4N7O6. The fraction of sp³-hybridized carbons (Fsp3) is 0.465. The molecule has 2 saturated carbocycles. The fourth-order valence-electron chi connectivity index (χ4n) is 7.83. The van der Waals surface area contributed by atoms with Crippen LogP contribution in [0, 0.1) is 18.8 Å². The van der Waals surface area contributed by atoms with E-state index in [0.29, 0.717) is 43.7 Å². The molecule has 6 rings (SSSR count). The first-order valence-corrected chi connectivity index (χ1v) is 20.2. The van der Waals surface area contributed by atoms with Gasteiger partial charge in [-0.3, -0.25) is 19.5 Å². The number of aliphatic hydroxyl groups is 3. The lowest BCUT2D eigenvalue weighted by Gasteiger charge is -2.28. The molecule has 1 atom stereocenters. The summed E-state index contributed by atoms with van der Waals surface area (Å²) in [5, 5.41) is 41.7. The zero-order valence-electron chi connectivity index (χ0n) is 33.1. The summed E-state index contributed by atoms with van der Waals surface area (Å²) in [7, 11) is 0. The number of H-pyrrole nitrogens is 1. The number of aromatic nitrogens is 3. The quantitative estimate of drug-likeness (QED) is 0.0572. The van der Waals surface area contributed by atoms with Gasteiger partial charge in [-0.05, 0) is 129 Å². The number of nitrogens with zero attached hydrogens (tertiary/aromatic N) is 2. The van der Waals surface area contributed by atoms with E-state index in [-0.39, 0.29) is 53.4 Å². The van der Waals surface area contributed by atoms with Gasteiger partial charge in [-0.1, -0.05) is 30.3 Å². The number of aliphatic hydroxyl groups excluding tert-OH is 2. The molecule has 2 aliphatic rings. The highest BCUT2D eigenvalue weighted by Crippen LogP contribution is 2.44. The SMILES string of the molecule is Cc1cc(C(=O)NC2CCC(O)CC2)ccc1-c1ccc(CC(NC(=O)C2CCC(CN)CC2)C(=O)Nc2ccc(-c3n[nH]c(C(F)(F)C(F)(F)CC(O)O)n3)cc2)cc1. The fourth-order valence-corrected chi connectivity index (χ4v) is 7.83. The van der Waals surface area contributed by atoms with E-state index >= 15 is 0 Å². The van der Waals surface area contributed by atoms with Gasteiger partial charge in [0, 0.05) is 35.2 Å². The summed E-state index contributed by atoms with van der Waals surface area (Å²) < 4.78 is 57.2. The normalized spacial score (nSPS) is 20.4. The molecule has 2 fully saturated rings. The highest BCUT2D eigenvalue weighted by atomic mass is 19.3. The Labute approximate surface area is 344 Å². The van der Waals surface area contributed by atoms with E-state index in [4.69, 9.17) is 15.9 Å². The number of anilines is 1. The summed E-state index contributed by atoms with van der Waals surface area (Å²) in [5.41, 5.74) is 10.3. The second-order valence-corrected chi connectivity index (χ2v) is 16.0. The summed E-state index contributed by atoms with van der Waals surface area (Å²) in [6.45, 7) is 2.48. The first-order chi connectivity index (χ1) is 28.5. The van der Waals surface area contributed by atoms with Crippen LogP contribution in [-0.2, 0) is 21.9 Å². The van der Waals surface area contributed by atoms with Gasteiger partial charge in [0.15, 0.2) is 12.1 Å². The van der Waals surface area contributed by atoms with E-state index in [1.165, 1.54) is 24.3 Å². The van der Waals surface area contributed by atoms with Crippen LogP contribution < -0.4 is 21.7 Å². The van der Waals surface area contributed by atoms with Crippen molar-refractivity contribution >= 4 is 23.4 Å². The molecule has 3 aromatic carbocycles. The third-order valence-corrected chi connectivity index (χ3v) is 11.5. The minimum absolute atomic E-state index is 0.0322. The first kappa shape index (κ1) is 44.3. The molecular weight excluding hydrogens is 787 g/mol. The Kier molecular flexibility index (Phi) is 14.0. The lowest BCUT2D eigenvalue weighted by atomic mass is 9.81. The number of hydrogen-bond donors (Lipinski definition) is 8. The Morgan fingerprint density at radius 3 is 2.15 bits per heavy atom. The van der Waals surface area contributed by atoms with E-state index in [2.05, 4.69) is 26.0 Å². The lowest BCUT2D eigenvalue weighted by Crippen LogP contribution is -2.48. The van der Waals surface area contributed by atoms with E-state index in [9.17, 15) is 37.1 Å². The molecule has 3 amide bonds. The molecule has 1 heterocycles. The van der Waals surface area contributed by atoms with Gasteiger partial charge < -0.3 is 37.0 Å². The van der Waals surface area contributed by atoms with Crippen molar-refractivity contribution in [1.82, 2.24) is 25.8 Å². The van der Waals surface area contributed by atoms with Crippen molar-refractivity contribution in [3.8, 4) is 22.5 Å². The molecule has 0 bridgehead atoms. The van der Waals surface area contributed by atoms with Crippen molar-refractivity contribution < 1.29 is 47.3 Å². The molecule has 60 heavy (non-hydrogen) atoms. The maximum absolute atomic E-state index is 14.5. The number of carbonyl (C=O) groups is 3. The second-order valence-electron chi connectivity index (χ2n) is 16.0. The molecule has 9 N–H and O–H groups in total. The monoisotopic (exact) mass is 837 g/mol. The van der Waals surface area contributed by atoms with Gasteiger partial charge in [0.2, 0.25) is 17.6 Å². The van der Waals surface area contributed by atoms with E-state index in [0.717, 1.165) is 47.9 Å². The first-order valence-electron chi connectivity index (χ1n) is 20.2. The van der Waals surface area contributed by atoms with E-state index in [1.54, 1.807) is 11.2 Å². The largest absolute Gasteiger partial charge is 0.393 e. The maximum atomic E-state index is 14.5. The molecule has 322 valence electrons. The van der Waals surface area contributed by atoms with E-state index in [1.807, 2.05) is 43.3 Å². The topological polar surface area (TPSA) is 216 Å². The van der Waals surface area contributed by atoms with Crippen LogP contribution in [-0.4, -0.2) is 85.2 Å². The maximum Gasteiger partial charge on any atom is 0.368 e. The molecule has 2 aliphatic carbocycles. The van der Waals surface area contributed by atoms with Gasteiger partial charge in [-0.25, -0.2) is 4.98 Å². The van der Waals surface area contributed by atoms with Gasteiger partial charge in [0.1, 0.15) is 6.04 Å². The number of halogens is 4. The Morgan fingerprint density at radius 2 is 1.53 bits per heavy atom. The van der Waals surface area contributed by atoms with Gasteiger partial charge >= 0.3 is 11.8 Å². The van der Waals surface area contributed by atoms with Crippen molar-refractivity contribution in [3.63, 3.8) is 0 Å². The smallest absolute Gasteiger partial charge is 0.368 e. The lowest BCUT2D eigenvalue weighted by molar-refractivity contribution is -0.247. The summed E-state index contributed by atoms with van der Waals surface area (Å²) in [6.07, 6.45) is 0.988. The van der Waals surface area contributed by atoms with Crippen LogP contribution in [0.15, 0.2) is 66.7 Å². The van der Waals surface area contributed by atoms with Crippen LogP contribution in [0.25, 0.3) is 22.5 Å². The molecule has 1 unspecified atom stereocenters. The molecule has 0 saturated heterocycles. The standard InChI is InChI=1S/C43H51F4N7O6/c1-24-20-30(39(59)49-32-15-17-33(55)18-16-32)12-19-34(24)27-6-2-25(3-7-27)21-35(51-38(58)29-8-4-26(23-48)5-9-29)40(60)50-31-13-10-28(11-14-31)37-52-41(54-53-37)43(46,47)42(44,45)22-36(56)57/h2-3,6-7,10-14,19-20,26,29,32-33,35-36,55-57H,4-5,8-9,15-18,21-23,48H2,1H3,(H,49,59)(H,50,60)(H,51,58)(H,52,53,54). The Balaban J connectivity index is 1.14. The Hall–Kier alpha value is -5.23. The predicted octanol–water partition coefficient (Wildman–Crippen LogP) is 5.34. The number of rotatable bonds is 15. The zero-order chi connectivity index (χ0) is 43.2. The summed E-state index contributed by atoms with van der Waals surface area (Å²) in [5.74, 6) is -12.4. The molecule has 13 nitrogen and oxygen atoms in total. The van der Waals surface area contributed by atoms with Crippen LogP contribution >= 0.6 is 0 Å². The van der Waals surface area contributed by atoms with Crippen molar-refractivity contribution in [2.45, 2.75) is 107 Å². The number of hydrogen-bond acceptors (Lipinski definition) is 9. The minimum Gasteiger partial charge on any atom is -0.393 e. The Morgan fingerprint density at radius 1 is 0.883 bits per heavy atom. The average molecular weight is 838 g/mol. The summed E-state index contributed by atoms with van der Waals surface area (Å²) in [4.78, 5) is 43.8. The van der Waals surface area contributed by atoms with Gasteiger partial charge in [-0.2, -0.15) is 22.7 Å². The molecule has 17 heteroatoms. The van der Waals surface area contributed by atoms with Crippen LogP contribution in [0.2, 0.25) is 0 Å². The number of aryl methyl sites for hydroxylation is 1. The average Bonchev–Trinajstić information content (AvgIpc) is 3.73. The van der Waals surface area contributed by atoms with Crippen LogP contribution in [0.4, 0.5) is 23.2 Å². The van der Waals surface area contributed by atoms with Crippen molar-refractivity contribution in [3.05, 3.63) is 89.2 Å². The molecule has 0 spiro atoms. The van der Waals surface area contributed by atoms with Gasteiger partial charge in [0.05, 0.1) is 12.5 Å². The molecule has 0 aliphatic heterocycles.